The van der Waals surface area contributed by atoms with Gasteiger partial charge in [-0.2, -0.15) is 0 Å². The van der Waals surface area contributed by atoms with Gasteiger partial charge in [0.2, 0.25) is 0 Å². The maximum absolute atomic E-state index is 11.7. The quantitative estimate of drug-likeness (QED) is 0.748. The number of carbonyl (C=O) groups is 1. The molecule has 2 aromatic rings. The van der Waals surface area contributed by atoms with Crippen LogP contribution in [0.3, 0.4) is 0 Å². The molecule has 0 radical (unpaired) electrons. The molecule has 2 rings (SSSR count). The van der Waals surface area contributed by atoms with Gasteiger partial charge < -0.3 is 10.3 Å². The van der Waals surface area contributed by atoms with Crippen LogP contribution in [-0.2, 0) is 0 Å². The lowest BCUT2D eigenvalue weighted by atomic mass is 10.1. The molecule has 0 unspecified atom stereocenters. The SMILES string of the molecule is CCNC(=O)c1cccc(-c2c[nH]c(=O)[nH]c2=O)c1. The highest BCUT2D eigenvalue weighted by atomic mass is 16.2. The minimum atomic E-state index is -0.561. The predicted molar refractivity (Wildman–Crippen MR) is 71.1 cm³/mol. The second kappa shape index (κ2) is 5.34. The summed E-state index contributed by atoms with van der Waals surface area (Å²) in [5, 5.41) is 2.68. The van der Waals surface area contributed by atoms with Crippen molar-refractivity contribution >= 4 is 5.91 Å². The van der Waals surface area contributed by atoms with Crippen molar-refractivity contribution in [1.29, 1.82) is 0 Å². The topological polar surface area (TPSA) is 94.8 Å². The number of rotatable bonds is 3. The van der Waals surface area contributed by atoms with Gasteiger partial charge in [0, 0.05) is 18.3 Å². The predicted octanol–water partition coefficient (Wildman–Crippen LogP) is 0.480. The van der Waals surface area contributed by atoms with E-state index in [1.807, 2.05) is 6.92 Å². The van der Waals surface area contributed by atoms with Gasteiger partial charge in [-0.05, 0) is 24.6 Å². The first-order valence-electron chi connectivity index (χ1n) is 5.82. The number of H-pyrrole nitrogens is 2. The highest BCUT2D eigenvalue weighted by molar-refractivity contribution is 5.95. The van der Waals surface area contributed by atoms with Crippen LogP contribution in [0, 0.1) is 0 Å². The van der Waals surface area contributed by atoms with Crippen molar-refractivity contribution in [2.45, 2.75) is 6.92 Å². The summed E-state index contributed by atoms with van der Waals surface area (Å²) >= 11 is 0. The van der Waals surface area contributed by atoms with E-state index in [9.17, 15) is 14.4 Å². The first-order chi connectivity index (χ1) is 9.11. The third-order valence-electron chi connectivity index (χ3n) is 2.59. The summed E-state index contributed by atoms with van der Waals surface area (Å²) in [6.45, 7) is 2.36. The summed E-state index contributed by atoms with van der Waals surface area (Å²) < 4.78 is 0. The highest BCUT2D eigenvalue weighted by Crippen LogP contribution is 2.15. The number of carbonyl (C=O) groups excluding carboxylic acids is 1. The van der Waals surface area contributed by atoms with Crippen molar-refractivity contribution in [2.24, 2.45) is 0 Å². The Bertz CT molecular complexity index is 715. The Morgan fingerprint density at radius 1 is 1.32 bits per heavy atom. The van der Waals surface area contributed by atoms with E-state index in [2.05, 4.69) is 15.3 Å². The van der Waals surface area contributed by atoms with Crippen molar-refractivity contribution in [3.8, 4) is 11.1 Å². The zero-order chi connectivity index (χ0) is 13.8. The van der Waals surface area contributed by atoms with Crippen LogP contribution < -0.4 is 16.6 Å². The van der Waals surface area contributed by atoms with Crippen LogP contribution in [0.4, 0.5) is 0 Å². The zero-order valence-electron chi connectivity index (χ0n) is 10.3. The third kappa shape index (κ3) is 2.79. The molecule has 0 fully saturated rings. The number of hydrogen-bond acceptors (Lipinski definition) is 3. The summed E-state index contributed by atoms with van der Waals surface area (Å²) in [7, 11) is 0. The van der Waals surface area contributed by atoms with Gasteiger partial charge in [-0.1, -0.05) is 12.1 Å². The highest BCUT2D eigenvalue weighted by Gasteiger charge is 2.08. The van der Waals surface area contributed by atoms with Crippen LogP contribution in [-0.4, -0.2) is 22.4 Å². The summed E-state index contributed by atoms with van der Waals surface area (Å²) in [5.41, 5.74) is 0.294. The van der Waals surface area contributed by atoms with Gasteiger partial charge in [-0.3, -0.25) is 14.6 Å². The molecule has 0 atom stereocenters. The monoisotopic (exact) mass is 259 g/mol. The maximum Gasteiger partial charge on any atom is 0.325 e. The molecule has 0 saturated carbocycles. The molecular weight excluding hydrogens is 246 g/mol. The average Bonchev–Trinajstić information content (AvgIpc) is 2.39. The van der Waals surface area contributed by atoms with Crippen LogP contribution in [0.1, 0.15) is 17.3 Å². The van der Waals surface area contributed by atoms with E-state index in [0.29, 0.717) is 23.2 Å². The van der Waals surface area contributed by atoms with Crippen molar-refractivity contribution in [2.75, 3.05) is 6.54 Å². The van der Waals surface area contributed by atoms with Crippen molar-refractivity contribution in [3.63, 3.8) is 0 Å². The van der Waals surface area contributed by atoms with Crippen LogP contribution in [0.15, 0.2) is 40.1 Å². The van der Waals surface area contributed by atoms with Gasteiger partial charge in [0.1, 0.15) is 0 Å². The van der Waals surface area contributed by atoms with Gasteiger partial charge in [-0.15, -0.1) is 0 Å². The second-order valence-corrected chi connectivity index (χ2v) is 3.93. The molecule has 3 N–H and O–H groups in total. The lowest BCUT2D eigenvalue weighted by molar-refractivity contribution is 0.0956. The Labute approximate surface area is 108 Å². The minimum Gasteiger partial charge on any atom is -0.352 e. The first kappa shape index (κ1) is 12.8. The molecule has 0 aliphatic heterocycles. The Morgan fingerprint density at radius 3 is 2.79 bits per heavy atom. The van der Waals surface area contributed by atoms with Crippen LogP contribution in [0.5, 0.6) is 0 Å². The molecule has 0 saturated heterocycles. The van der Waals surface area contributed by atoms with Gasteiger partial charge >= 0.3 is 5.69 Å². The number of aromatic amines is 2. The number of benzene rings is 1. The van der Waals surface area contributed by atoms with E-state index in [1.54, 1.807) is 24.3 Å². The molecule has 0 aliphatic carbocycles. The molecule has 1 aromatic carbocycles. The summed E-state index contributed by atoms with van der Waals surface area (Å²) in [4.78, 5) is 38.9. The van der Waals surface area contributed by atoms with Gasteiger partial charge in [0.25, 0.3) is 11.5 Å². The van der Waals surface area contributed by atoms with Crippen molar-refractivity contribution in [1.82, 2.24) is 15.3 Å². The first-order valence-corrected chi connectivity index (χ1v) is 5.82. The van der Waals surface area contributed by atoms with Gasteiger partial charge in [-0.25, -0.2) is 4.79 Å². The minimum absolute atomic E-state index is 0.204. The summed E-state index contributed by atoms with van der Waals surface area (Å²) in [6, 6.07) is 6.65. The zero-order valence-corrected chi connectivity index (χ0v) is 10.3. The Morgan fingerprint density at radius 2 is 2.11 bits per heavy atom. The number of amides is 1. The van der Waals surface area contributed by atoms with E-state index >= 15 is 0 Å². The van der Waals surface area contributed by atoms with Crippen LogP contribution in [0.2, 0.25) is 0 Å². The van der Waals surface area contributed by atoms with E-state index in [-0.39, 0.29) is 5.91 Å². The van der Waals surface area contributed by atoms with Crippen LogP contribution in [0.25, 0.3) is 11.1 Å². The summed E-state index contributed by atoms with van der Waals surface area (Å²) in [5.74, 6) is -0.204. The maximum atomic E-state index is 11.7. The normalized spacial score (nSPS) is 10.2. The molecule has 98 valence electrons. The molecule has 1 amide bonds. The Balaban J connectivity index is 2.46. The molecule has 0 aliphatic rings. The average molecular weight is 259 g/mol. The number of aromatic nitrogens is 2. The molecule has 6 nitrogen and oxygen atoms in total. The van der Waals surface area contributed by atoms with E-state index in [0.717, 1.165) is 0 Å². The van der Waals surface area contributed by atoms with E-state index in [1.165, 1.54) is 6.20 Å². The standard InChI is InChI=1S/C13H13N3O3/c1-2-14-11(17)9-5-3-4-8(6-9)10-7-15-13(19)16-12(10)18/h3-7H,2H2,1H3,(H,14,17)(H2,15,16,18,19). The van der Waals surface area contributed by atoms with E-state index in [4.69, 9.17) is 0 Å². The Kier molecular flexibility index (Phi) is 3.61. The largest absolute Gasteiger partial charge is 0.352 e. The molecule has 1 heterocycles. The fourth-order valence-electron chi connectivity index (χ4n) is 1.71. The smallest absolute Gasteiger partial charge is 0.325 e. The molecule has 0 bridgehead atoms. The lowest BCUT2D eigenvalue weighted by Crippen LogP contribution is -2.23. The molecule has 1 aromatic heterocycles. The summed E-state index contributed by atoms with van der Waals surface area (Å²) in [6.07, 6.45) is 1.33. The third-order valence-corrected chi connectivity index (χ3v) is 2.59. The second-order valence-electron chi connectivity index (χ2n) is 3.93. The molecule has 6 heteroatoms. The fraction of sp³-hybridized carbons (Fsp3) is 0.154. The van der Waals surface area contributed by atoms with Gasteiger partial charge in [0.05, 0.1) is 5.56 Å². The van der Waals surface area contributed by atoms with Crippen LogP contribution >= 0.6 is 0 Å². The van der Waals surface area contributed by atoms with E-state index < -0.39 is 11.2 Å². The van der Waals surface area contributed by atoms with Gasteiger partial charge in [0.15, 0.2) is 0 Å². The lowest BCUT2D eigenvalue weighted by Gasteiger charge is -2.04. The number of hydrogen-bond donors (Lipinski definition) is 3. The molecule has 19 heavy (non-hydrogen) atoms. The number of nitrogens with one attached hydrogen (secondary N) is 3. The van der Waals surface area contributed by atoms with Crippen molar-refractivity contribution < 1.29 is 4.79 Å². The molecule has 0 spiro atoms. The Hall–Kier alpha value is -2.63. The molecular formula is C13H13N3O3. The fourth-order valence-corrected chi connectivity index (χ4v) is 1.71. The van der Waals surface area contributed by atoms with Crippen molar-refractivity contribution in [3.05, 3.63) is 56.9 Å².